The number of rotatable bonds is 0. The highest BCUT2D eigenvalue weighted by atomic mass is 14.8. The van der Waals surface area contributed by atoms with E-state index in [1.807, 2.05) is 27.7 Å². The van der Waals surface area contributed by atoms with Gasteiger partial charge in [-0.05, 0) is 6.42 Å². The SMILES string of the molecule is C1=NCCCN=C1.CC.CC. The van der Waals surface area contributed by atoms with E-state index in [9.17, 15) is 0 Å². The van der Waals surface area contributed by atoms with Crippen LogP contribution in [0.1, 0.15) is 34.1 Å². The van der Waals surface area contributed by atoms with Crippen LogP contribution in [-0.4, -0.2) is 25.5 Å². The molecule has 0 aliphatic carbocycles. The molecule has 0 aromatic heterocycles. The van der Waals surface area contributed by atoms with Crippen molar-refractivity contribution in [3.05, 3.63) is 0 Å². The third-order valence-electron chi connectivity index (χ3n) is 0.852. The van der Waals surface area contributed by atoms with Crippen molar-refractivity contribution in [3.63, 3.8) is 0 Å². The first-order chi connectivity index (χ1) is 5.50. The van der Waals surface area contributed by atoms with Crippen molar-refractivity contribution in [3.8, 4) is 0 Å². The van der Waals surface area contributed by atoms with Crippen molar-refractivity contribution in [1.29, 1.82) is 0 Å². The van der Waals surface area contributed by atoms with Gasteiger partial charge < -0.3 is 0 Å². The lowest BCUT2D eigenvalue weighted by atomic mass is 10.4. The molecule has 0 radical (unpaired) electrons. The first kappa shape index (κ1) is 13.0. The van der Waals surface area contributed by atoms with Crippen molar-refractivity contribution in [2.45, 2.75) is 34.1 Å². The number of nitrogens with zero attached hydrogens (tertiary/aromatic N) is 2. The monoisotopic (exact) mass is 156 g/mol. The fourth-order valence-corrected chi connectivity index (χ4v) is 0.497. The summed E-state index contributed by atoms with van der Waals surface area (Å²) < 4.78 is 0. The second-order valence-electron chi connectivity index (χ2n) is 1.46. The van der Waals surface area contributed by atoms with Gasteiger partial charge in [-0.1, -0.05) is 27.7 Å². The van der Waals surface area contributed by atoms with Crippen LogP contribution in [0.3, 0.4) is 0 Å². The predicted octanol–water partition coefficient (Wildman–Crippen LogP) is 2.58. The lowest BCUT2D eigenvalue weighted by Crippen LogP contribution is -1.80. The molecule has 0 saturated carbocycles. The van der Waals surface area contributed by atoms with Gasteiger partial charge in [0.1, 0.15) is 0 Å². The summed E-state index contributed by atoms with van der Waals surface area (Å²) in [4.78, 5) is 7.99. The molecular weight excluding hydrogens is 136 g/mol. The Morgan fingerprint density at radius 3 is 1.55 bits per heavy atom. The minimum atomic E-state index is 0.944. The van der Waals surface area contributed by atoms with Gasteiger partial charge in [0.2, 0.25) is 0 Å². The van der Waals surface area contributed by atoms with Crippen LogP contribution < -0.4 is 0 Å². The Kier molecular flexibility index (Phi) is 19.1. The molecule has 2 heteroatoms. The minimum absolute atomic E-state index is 0.944. The summed E-state index contributed by atoms with van der Waals surface area (Å²) in [5, 5.41) is 0. The summed E-state index contributed by atoms with van der Waals surface area (Å²) in [7, 11) is 0. The Bertz CT molecular complexity index is 83.7. The summed E-state index contributed by atoms with van der Waals surface area (Å²) in [5.41, 5.74) is 0. The molecule has 0 amide bonds. The van der Waals surface area contributed by atoms with Crippen molar-refractivity contribution in [2.24, 2.45) is 9.98 Å². The van der Waals surface area contributed by atoms with Crippen LogP contribution >= 0.6 is 0 Å². The number of hydrogen-bond acceptors (Lipinski definition) is 2. The van der Waals surface area contributed by atoms with Gasteiger partial charge in [-0.15, -0.1) is 0 Å². The molecule has 0 atom stereocenters. The molecule has 0 unspecified atom stereocenters. The Labute approximate surface area is 70.5 Å². The minimum Gasteiger partial charge on any atom is -0.292 e. The molecule has 1 aliphatic rings. The van der Waals surface area contributed by atoms with Gasteiger partial charge in [-0.3, -0.25) is 9.98 Å². The van der Waals surface area contributed by atoms with Crippen LogP contribution in [0.4, 0.5) is 0 Å². The van der Waals surface area contributed by atoms with Crippen LogP contribution in [0.25, 0.3) is 0 Å². The van der Waals surface area contributed by atoms with E-state index in [0.717, 1.165) is 19.5 Å². The summed E-state index contributed by atoms with van der Waals surface area (Å²) >= 11 is 0. The van der Waals surface area contributed by atoms with Gasteiger partial charge in [0, 0.05) is 25.5 Å². The Morgan fingerprint density at radius 1 is 0.818 bits per heavy atom. The molecule has 1 heterocycles. The Morgan fingerprint density at radius 2 is 1.18 bits per heavy atom. The normalized spacial score (nSPS) is 13.5. The highest BCUT2D eigenvalue weighted by Gasteiger charge is 1.82. The number of aliphatic imine (C=N–C) groups is 2. The van der Waals surface area contributed by atoms with Crippen LogP contribution in [0.15, 0.2) is 9.98 Å². The first-order valence-corrected chi connectivity index (χ1v) is 4.48. The van der Waals surface area contributed by atoms with Crippen molar-refractivity contribution >= 4 is 12.4 Å². The maximum absolute atomic E-state index is 4.00. The Hall–Kier alpha value is -0.660. The fourth-order valence-electron chi connectivity index (χ4n) is 0.497. The molecule has 0 saturated heterocycles. The van der Waals surface area contributed by atoms with Gasteiger partial charge in [0.25, 0.3) is 0 Å². The molecule has 0 fully saturated rings. The van der Waals surface area contributed by atoms with Gasteiger partial charge in [0.05, 0.1) is 0 Å². The number of hydrogen-bond donors (Lipinski definition) is 0. The smallest absolute Gasteiger partial charge is 0.0407 e. The van der Waals surface area contributed by atoms with Crippen molar-refractivity contribution in [1.82, 2.24) is 0 Å². The summed E-state index contributed by atoms with van der Waals surface area (Å²) in [6, 6.07) is 0. The molecule has 0 bridgehead atoms. The molecule has 2 nitrogen and oxygen atoms in total. The average molecular weight is 156 g/mol. The average Bonchev–Trinajstić information content (AvgIpc) is 2.42. The van der Waals surface area contributed by atoms with Gasteiger partial charge in [-0.2, -0.15) is 0 Å². The topological polar surface area (TPSA) is 24.7 Å². The lowest BCUT2D eigenvalue weighted by molar-refractivity contribution is 0.859. The second-order valence-corrected chi connectivity index (χ2v) is 1.46. The third kappa shape index (κ3) is 12.5. The van der Waals surface area contributed by atoms with Crippen LogP contribution in [0, 0.1) is 0 Å². The quantitative estimate of drug-likeness (QED) is 0.515. The summed E-state index contributed by atoms with van der Waals surface area (Å²) in [6.07, 6.45) is 4.62. The molecule has 0 spiro atoms. The molecule has 66 valence electrons. The first-order valence-electron chi connectivity index (χ1n) is 4.48. The fraction of sp³-hybridized carbons (Fsp3) is 0.778. The van der Waals surface area contributed by atoms with E-state index in [-0.39, 0.29) is 0 Å². The van der Waals surface area contributed by atoms with Crippen LogP contribution in [0.2, 0.25) is 0 Å². The summed E-state index contributed by atoms with van der Waals surface area (Å²) in [5.74, 6) is 0. The molecule has 0 aromatic rings. The predicted molar refractivity (Wildman–Crippen MR) is 54.0 cm³/mol. The second kappa shape index (κ2) is 16.2. The third-order valence-corrected chi connectivity index (χ3v) is 0.852. The van der Waals surface area contributed by atoms with E-state index < -0.39 is 0 Å². The zero-order valence-corrected chi connectivity index (χ0v) is 8.17. The molecule has 1 aliphatic heterocycles. The van der Waals surface area contributed by atoms with Gasteiger partial charge >= 0.3 is 0 Å². The van der Waals surface area contributed by atoms with E-state index in [1.165, 1.54) is 0 Å². The van der Waals surface area contributed by atoms with E-state index >= 15 is 0 Å². The maximum atomic E-state index is 4.00. The molecule has 1 rings (SSSR count). The Balaban J connectivity index is 0. The van der Waals surface area contributed by atoms with Crippen LogP contribution in [-0.2, 0) is 0 Å². The zero-order valence-electron chi connectivity index (χ0n) is 8.17. The highest BCUT2D eigenvalue weighted by molar-refractivity contribution is 6.16. The largest absolute Gasteiger partial charge is 0.292 e. The van der Waals surface area contributed by atoms with E-state index in [4.69, 9.17) is 0 Å². The highest BCUT2D eigenvalue weighted by Crippen LogP contribution is 1.83. The van der Waals surface area contributed by atoms with E-state index in [0.29, 0.717) is 0 Å². The summed E-state index contributed by atoms with van der Waals surface area (Å²) in [6.45, 7) is 9.89. The van der Waals surface area contributed by atoms with Crippen molar-refractivity contribution < 1.29 is 0 Å². The standard InChI is InChI=1S/C5H8N2.2C2H6/c1-2-6-4-5-7-3-1;2*1-2/h4-5H,1-3H2;2*1-2H3. The van der Waals surface area contributed by atoms with Crippen molar-refractivity contribution in [2.75, 3.05) is 13.1 Å². The maximum Gasteiger partial charge on any atom is 0.0407 e. The van der Waals surface area contributed by atoms with E-state index in [1.54, 1.807) is 12.4 Å². The lowest BCUT2D eigenvalue weighted by Gasteiger charge is -1.81. The van der Waals surface area contributed by atoms with Gasteiger partial charge in [-0.25, -0.2) is 0 Å². The van der Waals surface area contributed by atoms with Gasteiger partial charge in [0.15, 0.2) is 0 Å². The zero-order chi connectivity index (χ0) is 8.95. The molecular formula is C9H20N2. The molecule has 0 aromatic carbocycles. The van der Waals surface area contributed by atoms with Crippen LogP contribution in [0.5, 0.6) is 0 Å². The van der Waals surface area contributed by atoms with E-state index in [2.05, 4.69) is 9.98 Å². The molecule has 0 N–H and O–H groups in total. The molecule has 11 heavy (non-hydrogen) atoms.